The third-order valence-corrected chi connectivity index (χ3v) is 2.87. The van der Waals surface area contributed by atoms with Crippen LogP contribution in [0.25, 0.3) is 11.0 Å². The van der Waals surface area contributed by atoms with Gasteiger partial charge in [-0.1, -0.05) is 19.1 Å². The van der Waals surface area contributed by atoms with E-state index in [4.69, 9.17) is 5.41 Å². The van der Waals surface area contributed by atoms with Gasteiger partial charge in [-0.3, -0.25) is 5.41 Å². The average Bonchev–Trinajstić information content (AvgIpc) is 2.55. The minimum atomic E-state index is -0.440. The van der Waals surface area contributed by atoms with Crippen molar-refractivity contribution in [3.63, 3.8) is 0 Å². The van der Waals surface area contributed by atoms with Gasteiger partial charge in [0.2, 0.25) is 5.62 Å². The number of hydrogen-bond donors (Lipinski definition) is 2. The van der Waals surface area contributed by atoms with Crippen molar-refractivity contribution in [2.75, 3.05) is 0 Å². The van der Waals surface area contributed by atoms with Gasteiger partial charge in [0.15, 0.2) is 0 Å². The first-order chi connectivity index (χ1) is 8.15. The number of fused-ring (bicyclic) bond motifs is 1. The highest BCUT2D eigenvalue weighted by atomic mass is 16.3. The van der Waals surface area contributed by atoms with Crippen LogP contribution in [0.5, 0.6) is 0 Å². The van der Waals surface area contributed by atoms with Crippen LogP contribution < -0.4 is 5.62 Å². The molecule has 17 heavy (non-hydrogen) atoms. The Kier molecular flexibility index (Phi) is 3.33. The highest BCUT2D eigenvalue weighted by molar-refractivity contribution is 5.75. The molecule has 0 bridgehead atoms. The lowest BCUT2D eigenvalue weighted by atomic mass is 10.3. The predicted molar refractivity (Wildman–Crippen MR) is 67.8 cm³/mol. The van der Waals surface area contributed by atoms with Gasteiger partial charge < -0.3 is 14.2 Å². The number of nitrogens with zero attached hydrogens (tertiary/aromatic N) is 2. The van der Waals surface area contributed by atoms with E-state index in [9.17, 15) is 5.11 Å². The first-order valence-electron chi connectivity index (χ1n) is 6.06. The summed E-state index contributed by atoms with van der Waals surface area (Å²) in [6.45, 7) is 5.16. The van der Waals surface area contributed by atoms with Crippen molar-refractivity contribution in [2.45, 2.75) is 39.5 Å². The molecule has 0 aliphatic heterocycles. The molecule has 1 heterocycles. The SMILES string of the molecule is CCCn1c(=N)n(C[C@H](C)O)c2ccccc21. The van der Waals surface area contributed by atoms with Crippen LogP contribution in [0.1, 0.15) is 20.3 Å². The molecule has 0 aliphatic rings. The zero-order valence-corrected chi connectivity index (χ0v) is 10.3. The van der Waals surface area contributed by atoms with Crippen LogP contribution in [0.4, 0.5) is 0 Å². The normalized spacial score (nSPS) is 13.1. The lowest BCUT2D eigenvalue weighted by Gasteiger charge is -2.06. The fraction of sp³-hybridized carbons (Fsp3) is 0.462. The number of aliphatic hydroxyl groups excluding tert-OH is 1. The van der Waals surface area contributed by atoms with Crippen LogP contribution in [0.15, 0.2) is 24.3 Å². The molecule has 0 saturated carbocycles. The van der Waals surface area contributed by atoms with Crippen LogP contribution in [-0.4, -0.2) is 20.3 Å². The minimum absolute atomic E-state index is 0.440. The molecule has 2 rings (SSSR count). The standard InChI is InChI=1S/C13H19N3O/c1-3-8-15-11-6-4-5-7-12(11)16(13(15)14)9-10(2)17/h4-7,10,14,17H,3,8-9H2,1-2H3/t10-/m0/s1. The predicted octanol–water partition coefficient (Wildman–Crippen LogP) is 1.71. The average molecular weight is 233 g/mol. The van der Waals surface area contributed by atoms with Crippen LogP contribution >= 0.6 is 0 Å². The summed E-state index contributed by atoms with van der Waals surface area (Å²) in [7, 11) is 0. The van der Waals surface area contributed by atoms with Crippen LogP contribution in [0, 0.1) is 5.41 Å². The number of aromatic nitrogens is 2. The van der Waals surface area contributed by atoms with Crippen molar-refractivity contribution in [3.05, 3.63) is 29.9 Å². The summed E-state index contributed by atoms with van der Waals surface area (Å²) in [5, 5.41) is 17.7. The molecule has 4 nitrogen and oxygen atoms in total. The third kappa shape index (κ3) is 2.13. The number of nitrogens with one attached hydrogen (secondary N) is 1. The Balaban J connectivity index is 2.66. The molecule has 0 spiro atoms. The number of imidazole rings is 1. The fourth-order valence-corrected chi connectivity index (χ4v) is 2.19. The second kappa shape index (κ2) is 4.75. The highest BCUT2D eigenvalue weighted by Gasteiger charge is 2.10. The van der Waals surface area contributed by atoms with Gasteiger partial charge in [0.1, 0.15) is 0 Å². The second-order valence-electron chi connectivity index (χ2n) is 4.42. The first-order valence-corrected chi connectivity index (χ1v) is 6.06. The molecule has 1 aromatic heterocycles. The number of aliphatic hydroxyl groups is 1. The third-order valence-electron chi connectivity index (χ3n) is 2.87. The topological polar surface area (TPSA) is 53.9 Å². The monoisotopic (exact) mass is 233 g/mol. The second-order valence-corrected chi connectivity index (χ2v) is 4.42. The highest BCUT2D eigenvalue weighted by Crippen LogP contribution is 2.13. The van der Waals surface area contributed by atoms with Crippen molar-refractivity contribution >= 4 is 11.0 Å². The Morgan fingerprint density at radius 2 is 1.82 bits per heavy atom. The lowest BCUT2D eigenvalue weighted by molar-refractivity contribution is 0.172. The summed E-state index contributed by atoms with van der Waals surface area (Å²) >= 11 is 0. The summed E-state index contributed by atoms with van der Waals surface area (Å²) < 4.78 is 3.87. The largest absolute Gasteiger partial charge is 0.392 e. The molecule has 2 N–H and O–H groups in total. The van der Waals surface area contributed by atoms with E-state index < -0.39 is 6.10 Å². The molecule has 4 heteroatoms. The van der Waals surface area contributed by atoms with Crippen molar-refractivity contribution in [1.82, 2.24) is 9.13 Å². The van der Waals surface area contributed by atoms with E-state index in [2.05, 4.69) is 6.92 Å². The summed E-state index contributed by atoms with van der Waals surface area (Å²) in [6, 6.07) is 7.99. The maximum atomic E-state index is 9.52. The molecule has 92 valence electrons. The van der Waals surface area contributed by atoms with Crippen molar-refractivity contribution < 1.29 is 5.11 Å². The molecular formula is C13H19N3O. The molecule has 2 aromatic rings. The van der Waals surface area contributed by atoms with Crippen molar-refractivity contribution in [1.29, 1.82) is 5.41 Å². The Morgan fingerprint density at radius 3 is 2.35 bits per heavy atom. The molecule has 1 aromatic carbocycles. The number of aryl methyl sites for hydroxylation is 1. The van der Waals surface area contributed by atoms with Crippen molar-refractivity contribution in [2.24, 2.45) is 0 Å². The van der Waals surface area contributed by atoms with E-state index in [1.54, 1.807) is 6.92 Å². The Bertz CT molecular complexity index is 566. The Labute approximate surface area is 101 Å². The maximum Gasteiger partial charge on any atom is 0.203 e. The van der Waals surface area contributed by atoms with Gasteiger partial charge in [0.25, 0.3) is 0 Å². The van der Waals surface area contributed by atoms with Crippen LogP contribution in [-0.2, 0) is 13.1 Å². The molecular weight excluding hydrogens is 214 g/mol. The van der Waals surface area contributed by atoms with Gasteiger partial charge in [-0.15, -0.1) is 0 Å². The van der Waals surface area contributed by atoms with Gasteiger partial charge in [-0.25, -0.2) is 0 Å². The molecule has 0 amide bonds. The number of para-hydroxylation sites is 2. The van der Waals surface area contributed by atoms with Crippen LogP contribution in [0.3, 0.4) is 0 Å². The van der Waals surface area contributed by atoms with Gasteiger partial charge in [0, 0.05) is 6.54 Å². The van der Waals surface area contributed by atoms with Gasteiger partial charge >= 0.3 is 0 Å². The van der Waals surface area contributed by atoms with E-state index in [0.717, 1.165) is 24.0 Å². The van der Waals surface area contributed by atoms with E-state index >= 15 is 0 Å². The molecule has 0 radical (unpaired) electrons. The summed E-state index contributed by atoms with van der Waals surface area (Å²) in [5.41, 5.74) is 2.56. The van der Waals surface area contributed by atoms with E-state index in [1.807, 2.05) is 33.4 Å². The molecule has 0 saturated heterocycles. The first kappa shape index (κ1) is 11.9. The lowest BCUT2D eigenvalue weighted by Crippen LogP contribution is -2.27. The molecule has 0 fully saturated rings. The van der Waals surface area contributed by atoms with E-state index in [1.165, 1.54) is 0 Å². The van der Waals surface area contributed by atoms with Gasteiger partial charge in [-0.2, -0.15) is 0 Å². The number of hydrogen-bond acceptors (Lipinski definition) is 2. The van der Waals surface area contributed by atoms with Gasteiger partial charge in [-0.05, 0) is 25.5 Å². The number of benzene rings is 1. The van der Waals surface area contributed by atoms with Crippen LogP contribution in [0.2, 0.25) is 0 Å². The molecule has 0 unspecified atom stereocenters. The van der Waals surface area contributed by atoms with Crippen molar-refractivity contribution in [3.8, 4) is 0 Å². The minimum Gasteiger partial charge on any atom is -0.392 e. The molecule has 0 aliphatic carbocycles. The Morgan fingerprint density at radius 1 is 1.24 bits per heavy atom. The quantitative estimate of drug-likeness (QED) is 0.830. The summed E-state index contributed by atoms with van der Waals surface area (Å²) in [4.78, 5) is 0. The zero-order chi connectivity index (χ0) is 12.4. The summed E-state index contributed by atoms with van der Waals surface area (Å²) in [6.07, 6.45) is 0.559. The summed E-state index contributed by atoms with van der Waals surface area (Å²) in [5.74, 6) is 0. The Hall–Kier alpha value is -1.55. The fourth-order valence-electron chi connectivity index (χ4n) is 2.19. The molecule has 1 atom stereocenters. The smallest absolute Gasteiger partial charge is 0.203 e. The van der Waals surface area contributed by atoms with E-state index in [0.29, 0.717) is 12.2 Å². The maximum absolute atomic E-state index is 9.52. The zero-order valence-electron chi connectivity index (χ0n) is 10.3. The van der Waals surface area contributed by atoms with E-state index in [-0.39, 0.29) is 0 Å². The van der Waals surface area contributed by atoms with Gasteiger partial charge in [0.05, 0.1) is 23.7 Å². The number of rotatable bonds is 4.